The van der Waals surface area contributed by atoms with Crippen molar-refractivity contribution in [1.82, 2.24) is 0 Å². The van der Waals surface area contributed by atoms with Gasteiger partial charge in [0, 0.05) is 5.92 Å². The van der Waals surface area contributed by atoms with Gasteiger partial charge in [0.15, 0.2) is 0 Å². The predicted molar refractivity (Wildman–Crippen MR) is 106 cm³/mol. The minimum absolute atomic E-state index is 0.247. The Kier molecular flexibility index (Phi) is 5.27. The van der Waals surface area contributed by atoms with Crippen LogP contribution >= 0.6 is 0 Å². The first-order valence-corrected chi connectivity index (χ1v) is 9.65. The number of allylic oxidation sites excluding steroid dienone is 4. The molecule has 1 heterocycles. The van der Waals surface area contributed by atoms with E-state index in [0.717, 1.165) is 12.8 Å². The second-order valence-electron chi connectivity index (χ2n) is 8.27. The van der Waals surface area contributed by atoms with Crippen molar-refractivity contribution in [2.45, 2.75) is 77.4 Å². The van der Waals surface area contributed by atoms with Crippen molar-refractivity contribution in [2.75, 3.05) is 0 Å². The minimum atomic E-state index is -0.303. The van der Waals surface area contributed by atoms with E-state index in [1.54, 1.807) is 0 Å². The van der Waals surface area contributed by atoms with Gasteiger partial charge in [0.05, 0.1) is 11.2 Å². The van der Waals surface area contributed by atoms with Gasteiger partial charge < -0.3 is 9.31 Å². The van der Waals surface area contributed by atoms with Gasteiger partial charge in [-0.1, -0.05) is 61.4 Å². The molecule has 3 rings (SSSR count). The molecule has 0 saturated carbocycles. The molecule has 0 bridgehead atoms. The lowest BCUT2D eigenvalue weighted by Crippen LogP contribution is -2.41. The molecule has 134 valence electrons. The zero-order chi connectivity index (χ0) is 18.1. The Morgan fingerprint density at radius 3 is 2.28 bits per heavy atom. The molecule has 1 aromatic carbocycles. The summed E-state index contributed by atoms with van der Waals surface area (Å²) < 4.78 is 12.9. The second kappa shape index (κ2) is 7.13. The van der Waals surface area contributed by atoms with Crippen LogP contribution in [0, 0.1) is 0 Å². The lowest BCUT2D eigenvalue weighted by Gasteiger charge is -2.32. The molecule has 0 aromatic heterocycles. The van der Waals surface area contributed by atoms with Crippen LogP contribution in [0.4, 0.5) is 0 Å². The van der Waals surface area contributed by atoms with Gasteiger partial charge in [0.2, 0.25) is 0 Å². The van der Waals surface area contributed by atoms with E-state index in [4.69, 9.17) is 9.31 Å². The van der Waals surface area contributed by atoms with Crippen LogP contribution in [0.15, 0.2) is 53.5 Å². The Hall–Kier alpha value is -1.32. The fourth-order valence-corrected chi connectivity index (χ4v) is 3.66. The zero-order valence-electron chi connectivity index (χ0n) is 16.3. The van der Waals surface area contributed by atoms with Crippen molar-refractivity contribution < 1.29 is 9.31 Å². The summed E-state index contributed by atoms with van der Waals surface area (Å²) in [6, 6.07) is 10.7. The summed E-state index contributed by atoms with van der Waals surface area (Å²) in [4.78, 5) is 0. The van der Waals surface area contributed by atoms with Crippen LogP contribution in [0.3, 0.4) is 0 Å². The van der Waals surface area contributed by atoms with Crippen molar-refractivity contribution in [2.24, 2.45) is 0 Å². The molecule has 3 heteroatoms. The second-order valence-corrected chi connectivity index (χ2v) is 8.27. The summed E-state index contributed by atoms with van der Waals surface area (Å²) in [6.45, 7) is 10.8. The van der Waals surface area contributed by atoms with Gasteiger partial charge in [0.25, 0.3) is 0 Å². The molecule has 1 fully saturated rings. The largest absolute Gasteiger partial charge is 0.491 e. The third kappa shape index (κ3) is 3.63. The predicted octanol–water partition coefficient (Wildman–Crippen LogP) is 5.85. The number of hydrogen-bond acceptors (Lipinski definition) is 2. The van der Waals surface area contributed by atoms with Crippen molar-refractivity contribution in [3.8, 4) is 0 Å². The molecule has 0 amide bonds. The quantitative estimate of drug-likeness (QED) is 0.495. The van der Waals surface area contributed by atoms with Gasteiger partial charge >= 0.3 is 7.12 Å². The van der Waals surface area contributed by atoms with Crippen molar-refractivity contribution in [1.29, 1.82) is 0 Å². The van der Waals surface area contributed by atoms with E-state index in [1.165, 1.54) is 29.5 Å². The first-order chi connectivity index (χ1) is 11.9. The molecule has 1 unspecified atom stereocenters. The summed E-state index contributed by atoms with van der Waals surface area (Å²) in [5.41, 5.74) is 3.54. The molecule has 1 aliphatic heterocycles. The molecule has 2 aliphatic rings. The number of hydrogen-bond donors (Lipinski definition) is 0. The Labute approximate surface area is 153 Å². The molecule has 0 N–H and O–H groups in total. The maximum absolute atomic E-state index is 6.45. The smallest absolute Gasteiger partial charge is 0.400 e. The van der Waals surface area contributed by atoms with Gasteiger partial charge in [-0.2, -0.15) is 0 Å². The SMILES string of the molecule is CCCCC1=C(B2OC(C)(C)C(C)(C)O2)C(c2ccccc2)C=CC1. The molecular formula is C22H31BO2. The van der Waals surface area contributed by atoms with E-state index in [9.17, 15) is 0 Å². The Balaban J connectivity index is 2.00. The highest BCUT2D eigenvalue weighted by Gasteiger charge is 2.53. The monoisotopic (exact) mass is 338 g/mol. The standard InChI is InChI=1S/C22H31BO2/c1-6-7-12-18-15-11-16-19(17-13-9-8-10-14-17)20(18)23-24-21(2,3)22(4,5)25-23/h8-11,13-14,16,19H,6-7,12,15H2,1-5H3. The third-order valence-electron chi connectivity index (χ3n) is 5.93. The number of benzene rings is 1. The third-order valence-corrected chi connectivity index (χ3v) is 5.93. The van der Waals surface area contributed by atoms with E-state index >= 15 is 0 Å². The van der Waals surface area contributed by atoms with Gasteiger partial charge in [-0.25, -0.2) is 0 Å². The van der Waals surface area contributed by atoms with Gasteiger partial charge in [-0.15, -0.1) is 0 Å². The fourth-order valence-electron chi connectivity index (χ4n) is 3.66. The normalized spacial score (nSPS) is 24.8. The summed E-state index contributed by atoms with van der Waals surface area (Å²) in [5.74, 6) is 0.247. The molecule has 1 atom stereocenters. The van der Waals surface area contributed by atoms with Crippen LogP contribution in [-0.2, 0) is 9.31 Å². The average molecular weight is 338 g/mol. The maximum atomic E-state index is 6.45. The van der Waals surface area contributed by atoms with Gasteiger partial charge in [-0.3, -0.25) is 0 Å². The number of rotatable bonds is 5. The lowest BCUT2D eigenvalue weighted by atomic mass is 9.63. The highest BCUT2D eigenvalue weighted by atomic mass is 16.7. The van der Waals surface area contributed by atoms with Gasteiger partial charge in [-0.05, 0) is 58.0 Å². The van der Waals surface area contributed by atoms with E-state index in [-0.39, 0.29) is 24.2 Å². The summed E-state index contributed by atoms with van der Waals surface area (Å²) in [7, 11) is -0.257. The highest BCUT2D eigenvalue weighted by molar-refractivity contribution is 6.55. The molecule has 25 heavy (non-hydrogen) atoms. The molecular weight excluding hydrogens is 307 g/mol. The average Bonchev–Trinajstić information content (AvgIpc) is 2.81. The summed E-state index contributed by atoms with van der Waals surface area (Å²) in [5, 5.41) is 0. The van der Waals surface area contributed by atoms with Crippen molar-refractivity contribution in [3.05, 3.63) is 59.1 Å². The topological polar surface area (TPSA) is 18.5 Å². The van der Waals surface area contributed by atoms with Crippen LogP contribution in [0.2, 0.25) is 0 Å². The van der Waals surface area contributed by atoms with Crippen LogP contribution in [0.1, 0.15) is 71.8 Å². The molecule has 1 aromatic rings. The Morgan fingerprint density at radius 1 is 1.04 bits per heavy atom. The lowest BCUT2D eigenvalue weighted by molar-refractivity contribution is 0.00578. The highest BCUT2D eigenvalue weighted by Crippen LogP contribution is 2.45. The number of unbranched alkanes of at least 4 members (excludes halogenated alkanes) is 1. The van der Waals surface area contributed by atoms with Crippen molar-refractivity contribution in [3.63, 3.8) is 0 Å². The molecule has 1 saturated heterocycles. The molecule has 0 spiro atoms. The molecule has 0 radical (unpaired) electrons. The van der Waals surface area contributed by atoms with Crippen molar-refractivity contribution >= 4 is 7.12 Å². The first-order valence-electron chi connectivity index (χ1n) is 9.65. The molecule has 2 nitrogen and oxygen atoms in total. The first kappa shape index (κ1) is 18.5. The summed E-state index contributed by atoms with van der Waals surface area (Å²) >= 11 is 0. The zero-order valence-corrected chi connectivity index (χ0v) is 16.3. The molecule has 1 aliphatic carbocycles. The minimum Gasteiger partial charge on any atom is -0.400 e. The van der Waals surface area contributed by atoms with E-state index in [2.05, 4.69) is 77.1 Å². The van der Waals surface area contributed by atoms with Crippen LogP contribution in [0.5, 0.6) is 0 Å². The van der Waals surface area contributed by atoms with Crippen LogP contribution in [0.25, 0.3) is 0 Å². The van der Waals surface area contributed by atoms with E-state index in [1.807, 2.05) is 0 Å². The summed E-state index contributed by atoms with van der Waals surface area (Å²) in [6.07, 6.45) is 9.21. The van der Waals surface area contributed by atoms with Crippen LogP contribution < -0.4 is 0 Å². The fraction of sp³-hybridized carbons (Fsp3) is 0.545. The maximum Gasteiger partial charge on any atom is 0.491 e. The van der Waals surface area contributed by atoms with E-state index in [0.29, 0.717) is 0 Å². The van der Waals surface area contributed by atoms with E-state index < -0.39 is 0 Å². The Morgan fingerprint density at radius 2 is 1.68 bits per heavy atom. The Bertz CT molecular complexity index is 642. The van der Waals surface area contributed by atoms with Crippen LogP contribution in [-0.4, -0.2) is 18.3 Å². The van der Waals surface area contributed by atoms with Gasteiger partial charge in [0.1, 0.15) is 0 Å².